The van der Waals surface area contributed by atoms with Crippen LogP contribution in [0, 0.1) is 10.8 Å². The second kappa shape index (κ2) is 8.93. The molecule has 0 bridgehead atoms. The van der Waals surface area contributed by atoms with Gasteiger partial charge >= 0.3 is 0 Å². The van der Waals surface area contributed by atoms with E-state index in [1.54, 1.807) is 0 Å². The highest BCUT2D eigenvalue weighted by molar-refractivity contribution is 4.67. The molecule has 0 atom stereocenters. The van der Waals surface area contributed by atoms with Crippen LogP contribution in [0.3, 0.4) is 0 Å². The summed E-state index contributed by atoms with van der Waals surface area (Å²) < 4.78 is 5.29. The van der Waals surface area contributed by atoms with Crippen LogP contribution in [0.1, 0.15) is 54.4 Å². The van der Waals surface area contributed by atoms with Crippen LogP contribution in [0.2, 0.25) is 0 Å². The molecule has 0 saturated carbocycles. The van der Waals surface area contributed by atoms with Gasteiger partial charge in [-0.25, -0.2) is 0 Å². The van der Waals surface area contributed by atoms with Gasteiger partial charge in [-0.2, -0.15) is 0 Å². The van der Waals surface area contributed by atoms with Crippen LogP contribution < -0.4 is 0 Å². The van der Waals surface area contributed by atoms with Gasteiger partial charge in [0.15, 0.2) is 0 Å². The van der Waals surface area contributed by atoms with Crippen LogP contribution in [0.4, 0.5) is 0 Å². The molecule has 19 heavy (non-hydrogen) atoms. The highest BCUT2D eigenvalue weighted by Gasteiger charge is 2.15. The first-order valence-electron chi connectivity index (χ1n) is 7.55. The molecular formula is C16H35NO2. The fraction of sp³-hybridized carbons (Fsp3) is 1.00. The summed E-state index contributed by atoms with van der Waals surface area (Å²) in [5, 5.41) is 8.40. The zero-order valence-corrected chi connectivity index (χ0v) is 14.0. The molecule has 0 spiro atoms. The number of aliphatic hydroxyl groups is 1. The topological polar surface area (TPSA) is 32.7 Å². The molecule has 1 rings (SSSR count). The van der Waals surface area contributed by atoms with Crippen molar-refractivity contribution in [3.8, 4) is 0 Å². The Bertz CT molecular complexity index is 210. The van der Waals surface area contributed by atoms with Gasteiger partial charge in [-0.05, 0) is 30.2 Å². The van der Waals surface area contributed by atoms with Crippen molar-refractivity contribution in [1.29, 1.82) is 0 Å². The Morgan fingerprint density at radius 3 is 1.68 bits per heavy atom. The predicted octanol–water partition coefficient (Wildman–Crippen LogP) is 3.17. The normalized spacial score (nSPS) is 17.8. The summed E-state index contributed by atoms with van der Waals surface area (Å²) in [6, 6.07) is 0. The Morgan fingerprint density at radius 2 is 1.37 bits per heavy atom. The molecule has 0 radical (unpaired) electrons. The number of ether oxygens (including phenoxy) is 1. The molecule has 0 aromatic rings. The van der Waals surface area contributed by atoms with E-state index >= 15 is 0 Å². The lowest BCUT2D eigenvalue weighted by Crippen LogP contribution is -2.37. The zero-order valence-electron chi connectivity index (χ0n) is 14.0. The lowest BCUT2D eigenvalue weighted by atomic mass is 9.92. The van der Waals surface area contributed by atoms with Gasteiger partial charge in [0.05, 0.1) is 13.2 Å². The summed E-state index contributed by atoms with van der Waals surface area (Å²) in [7, 11) is 0. The molecule has 1 N–H and O–H groups in total. The number of hydrogen-bond donors (Lipinski definition) is 1. The molecule has 0 aromatic heterocycles. The fourth-order valence-corrected chi connectivity index (χ4v) is 1.65. The van der Waals surface area contributed by atoms with Crippen molar-refractivity contribution in [3.63, 3.8) is 0 Å². The molecule has 3 heteroatoms. The summed E-state index contributed by atoms with van der Waals surface area (Å²) in [6.07, 6.45) is 2.18. The molecule has 1 heterocycles. The van der Waals surface area contributed by atoms with E-state index < -0.39 is 0 Å². The Morgan fingerprint density at radius 1 is 0.895 bits per heavy atom. The first-order valence-corrected chi connectivity index (χ1v) is 7.55. The van der Waals surface area contributed by atoms with Crippen molar-refractivity contribution >= 4 is 0 Å². The second-order valence-electron chi connectivity index (χ2n) is 7.80. The van der Waals surface area contributed by atoms with Gasteiger partial charge in [0.2, 0.25) is 0 Å². The minimum Gasteiger partial charge on any atom is -0.396 e. The average Bonchev–Trinajstić information content (AvgIpc) is 2.26. The van der Waals surface area contributed by atoms with Gasteiger partial charge in [-0.15, -0.1) is 0 Å². The minimum absolute atomic E-state index is 0.300. The second-order valence-corrected chi connectivity index (χ2v) is 7.80. The number of aliphatic hydroxyl groups excluding tert-OH is 1. The van der Waals surface area contributed by atoms with Crippen molar-refractivity contribution in [1.82, 2.24) is 4.90 Å². The molecule has 0 aliphatic carbocycles. The molecular weight excluding hydrogens is 238 g/mol. The lowest BCUT2D eigenvalue weighted by molar-refractivity contribution is 0.0333. The number of hydrogen-bond acceptors (Lipinski definition) is 3. The van der Waals surface area contributed by atoms with Crippen molar-refractivity contribution in [3.05, 3.63) is 0 Å². The minimum atomic E-state index is 0.300. The quantitative estimate of drug-likeness (QED) is 0.857. The maximum atomic E-state index is 8.40. The Balaban J connectivity index is 0.000000399. The summed E-state index contributed by atoms with van der Waals surface area (Å²) in [5.41, 5.74) is 0.771. The third kappa shape index (κ3) is 14.1. The third-order valence-electron chi connectivity index (χ3n) is 3.14. The number of nitrogens with zero attached hydrogens (tertiary/aromatic N) is 1. The average molecular weight is 273 g/mol. The van der Waals surface area contributed by atoms with Gasteiger partial charge in [0.1, 0.15) is 0 Å². The van der Waals surface area contributed by atoms with E-state index in [-0.39, 0.29) is 0 Å². The van der Waals surface area contributed by atoms with E-state index in [0.29, 0.717) is 17.4 Å². The molecule has 116 valence electrons. The molecule has 0 unspecified atom stereocenters. The SMILES string of the molecule is CC(C)(C)CCN1CCOCC1.CC(C)(C)CCO. The molecule has 1 aliphatic rings. The largest absolute Gasteiger partial charge is 0.396 e. The smallest absolute Gasteiger partial charge is 0.0594 e. The van der Waals surface area contributed by atoms with Crippen molar-refractivity contribution in [2.24, 2.45) is 10.8 Å². The van der Waals surface area contributed by atoms with Gasteiger partial charge in [-0.1, -0.05) is 41.5 Å². The van der Waals surface area contributed by atoms with E-state index in [0.717, 1.165) is 32.7 Å². The molecule has 1 fully saturated rings. The highest BCUT2D eigenvalue weighted by atomic mass is 16.5. The summed E-state index contributed by atoms with van der Waals surface area (Å²) in [6.45, 7) is 18.9. The first kappa shape index (κ1) is 18.9. The molecule has 3 nitrogen and oxygen atoms in total. The van der Waals surface area contributed by atoms with Gasteiger partial charge in [0.25, 0.3) is 0 Å². The third-order valence-corrected chi connectivity index (χ3v) is 3.14. The molecule has 0 amide bonds. The van der Waals surface area contributed by atoms with Crippen LogP contribution in [-0.2, 0) is 4.74 Å². The van der Waals surface area contributed by atoms with Gasteiger partial charge < -0.3 is 9.84 Å². The molecule has 1 aliphatic heterocycles. The maximum absolute atomic E-state index is 8.40. The van der Waals surface area contributed by atoms with E-state index in [4.69, 9.17) is 9.84 Å². The highest BCUT2D eigenvalue weighted by Crippen LogP contribution is 2.19. The van der Waals surface area contributed by atoms with E-state index in [1.807, 2.05) is 0 Å². The number of rotatable bonds is 3. The Kier molecular flexibility index (Phi) is 8.88. The lowest BCUT2D eigenvalue weighted by Gasteiger charge is -2.29. The first-order chi connectivity index (χ1) is 8.64. The van der Waals surface area contributed by atoms with Crippen LogP contribution in [0.15, 0.2) is 0 Å². The standard InChI is InChI=1S/C10H21NO.C6H14O/c1-10(2,3)4-5-11-6-8-12-9-7-11;1-6(2,3)4-5-7/h4-9H2,1-3H3;7H,4-5H2,1-3H3. The molecule has 0 aromatic carbocycles. The zero-order chi connectivity index (χ0) is 14.9. The van der Waals surface area contributed by atoms with Crippen LogP contribution in [0.25, 0.3) is 0 Å². The van der Waals surface area contributed by atoms with Crippen molar-refractivity contribution in [2.75, 3.05) is 39.5 Å². The van der Waals surface area contributed by atoms with E-state index in [1.165, 1.54) is 13.0 Å². The van der Waals surface area contributed by atoms with Gasteiger partial charge in [-0.3, -0.25) is 4.90 Å². The van der Waals surface area contributed by atoms with Crippen LogP contribution in [-0.4, -0.2) is 49.5 Å². The van der Waals surface area contributed by atoms with Gasteiger partial charge in [0, 0.05) is 19.7 Å². The van der Waals surface area contributed by atoms with Crippen molar-refractivity contribution < 1.29 is 9.84 Å². The summed E-state index contributed by atoms with van der Waals surface area (Å²) in [5.74, 6) is 0. The summed E-state index contributed by atoms with van der Waals surface area (Å²) in [4.78, 5) is 2.49. The Hall–Kier alpha value is -0.120. The van der Waals surface area contributed by atoms with E-state index in [2.05, 4.69) is 46.4 Å². The van der Waals surface area contributed by atoms with E-state index in [9.17, 15) is 0 Å². The summed E-state index contributed by atoms with van der Waals surface area (Å²) >= 11 is 0. The maximum Gasteiger partial charge on any atom is 0.0594 e. The van der Waals surface area contributed by atoms with Crippen LogP contribution >= 0.6 is 0 Å². The fourth-order valence-electron chi connectivity index (χ4n) is 1.65. The predicted molar refractivity (Wildman–Crippen MR) is 82.5 cm³/mol. The van der Waals surface area contributed by atoms with Crippen molar-refractivity contribution in [2.45, 2.75) is 54.4 Å². The molecule has 1 saturated heterocycles. The Labute approximate surface area is 120 Å². The number of morpholine rings is 1. The van der Waals surface area contributed by atoms with Crippen LogP contribution in [0.5, 0.6) is 0 Å². The monoisotopic (exact) mass is 273 g/mol.